The van der Waals surface area contributed by atoms with Gasteiger partial charge in [-0.2, -0.15) is 5.10 Å². The Morgan fingerprint density at radius 2 is 2.19 bits per heavy atom. The van der Waals surface area contributed by atoms with Gasteiger partial charge in [0, 0.05) is 43.6 Å². The van der Waals surface area contributed by atoms with E-state index in [9.17, 15) is 4.79 Å². The smallest absolute Gasteiger partial charge is 0.254 e. The highest BCUT2D eigenvalue weighted by atomic mass is 16.5. The first-order valence-electron chi connectivity index (χ1n) is 9.47. The van der Waals surface area contributed by atoms with Crippen LogP contribution in [0.1, 0.15) is 36.0 Å². The number of ether oxygens (including phenoxy) is 1. The van der Waals surface area contributed by atoms with Gasteiger partial charge < -0.3 is 9.64 Å². The van der Waals surface area contributed by atoms with Crippen molar-refractivity contribution in [2.24, 2.45) is 0 Å². The molecule has 1 unspecified atom stereocenters. The molecule has 3 heterocycles. The topological polar surface area (TPSA) is 59.7 Å². The molecule has 1 aromatic carbocycles. The molecule has 1 amide bonds. The average molecular weight is 364 g/mol. The summed E-state index contributed by atoms with van der Waals surface area (Å²) in [5.41, 5.74) is 3.33. The van der Waals surface area contributed by atoms with E-state index in [4.69, 9.17) is 4.74 Å². The maximum absolute atomic E-state index is 13.2. The third kappa shape index (κ3) is 3.57. The molecular weight excluding hydrogens is 340 g/mol. The number of carbonyl (C=O) groups is 1. The highest BCUT2D eigenvalue weighted by Gasteiger charge is 2.27. The van der Waals surface area contributed by atoms with Gasteiger partial charge in [-0.15, -0.1) is 0 Å². The molecule has 0 radical (unpaired) electrons. The maximum Gasteiger partial charge on any atom is 0.254 e. The van der Waals surface area contributed by atoms with E-state index in [1.54, 1.807) is 24.0 Å². The summed E-state index contributed by atoms with van der Waals surface area (Å²) in [6.07, 6.45) is 7.71. The van der Waals surface area contributed by atoms with Crippen molar-refractivity contribution in [3.63, 3.8) is 0 Å². The standard InChI is InChI=1S/C21H24N4O2/c1-27-13-10-18-8-2-3-12-24(18)21(26)17-7-4-6-16(14-17)19-15-22-20-9-5-11-23-25(19)20/h4-7,9,11,14-15,18H,2-3,8,10,12-13H2,1H3. The minimum absolute atomic E-state index is 0.0967. The number of nitrogens with zero attached hydrogens (tertiary/aromatic N) is 4. The molecule has 1 aliphatic rings. The van der Waals surface area contributed by atoms with Crippen LogP contribution in [0.5, 0.6) is 0 Å². The first kappa shape index (κ1) is 17.7. The fourth-order valence-corrected chi connectivity index (χ4v) is 3.83. The predicted molar refractivity (Wildman–Crippen MR) is 104 cm³/mol. The Bertz CT molecular complexity index is 937. The molecule has 4 rings (SSSR count). The normalized spacial score (nSPS) is 17.4. The molecule has 6 heteroatoms. The molecule has 140 valence electrons. The van der Waals surface area contributed by atoms with Crippen molar-refractivity contribution >= 4 is 11.6 Å². The van der Waals surface area contributed by atoms with Crippen LogP contribution in [0.4, 0.5) is 0 Å². The molecular formula is C21H24N4O2. The molecule has 0 N–H and O–H groups in total. The quantitative estimate of drug-likeness (QED) is 0.696. The lowest BCUT2D eigenvalue weighted by molar-refractivity contribution is 0.0553. The minimum atomic E-state index is 0.0967. The molecule has 2 aromatic heterocycles. The van der Waals surface area contributed by atoms with Gasteiger partial charge in [0.1, 0.15) is 0 Å². The number of benzene rings is 1. The zero-order valence-corrected chi connectivity index (χ0v) is 15.5. The van der Waals surface area contributed by atoms with Gasteiger partial charge in [-0.1, -0.05) is 12.1 Å². The van der Waals surface area contributed by atoms with Crippen molar-refractivity contribution in [3.05, 3.63) is 54.4 Å². The highest BCUT2D eigenvalue weighted by Crippen LogP contribution is 2.25. The lowest BCUT2D eigenvalue weighted by Crippen LogP contribution is -2.44. The number of rotatable bonds is 5. The monoisotopic (exact) mass is 364 g/mol. The number of hydrogen-bond acceptors (Lipinski definition) is 4. The Morgan fingerprint density at radius 1 is 1.26 bits per heavy atom. The van der Waals surface area contributed by atoms with Gasteiger partial charge in [0.05, 0.1) is 11.9 Å². The first-order chi connectivity index (χ1) is 13.3. The SMILES string of the molecule is COCCC1CCCCN1C(=O)c1cccc(-c2cnc3cccnn23)c1. The summed E-state index contributed by atoms with van der Waals surface area (Å²) in [4.78, 5) is 19.6. The average Bonchev–Trinajstić information content (AvgIpc) is 3.16. The summed E-state index contributed by atoms with van der Waals surface area (Å²) in [7, 11) is 1.71. The Labute approximate surface area is 158 Å². The zero-order chi connectivity index (χ0) is 18.6. The van der Waals surface area contributed by atoms with Gasteiger partial charge >= 0.3 is 0 Å². The number of carbonyl (C=O) groups excluding carboxylic acids is 1. The van der Waals surface area contributed by atoms with Crippen LogP contribution in [0.25, 0.3) is 16.9 Å². The van der Waals surface area contributed by atoms with Crippen LogP contribution in [-0.4, -0.2) is 51.7 Å². The number of likely N-dealkylation sites (tertiary alicyclic amines) is 1. The summed E-state index contributed by atoms with van der Waals surface area (Å²) >= 11 is 0. The number of aromatic nitrogens is 3. The number of fused-ring (bicyclic) bond motifs is 1. The number of imidazole rings is 1. The summed E-state index contributed by atoms with van der Waals surface area (Å²) in [6, 6.07) is 11.8. The second kappa shape index (κ2) is 7.88. The zero-order valence-electron chi connectivity index (χ0n) is 15.5. The molecule has 0 spiro atoms. The van der Waals surface area contributed by atoms with E-state index in [0.29, 0.717) is 12.2 Å². The Morgan fingerprint density at radius 3 is 3.07 bits per heavy atom. The fraction of sp³-hybridized carbons (Fsp3) is 0.381. The fourth-order valence-electron chi connectivity index (χ4n) is 3.83. The van der Waals surface area contributed by atoms with E-state index in [1.807, 2.05) is 41.3 Å². The van der Waals surface area contributed by atoms with Crippen LogP contribution in [0.15, 0.2) is 48.8 Å². The second-order valence-electron chi connectivity index (χ2n) is 6.95. The van der Waals surface area contributed by atoms with E-state index in [2.05, 4.69) is 10.1 Å². The molecule has 6 nitrogen and oxygen atoms in total. The van der Waals surface area contributed by atoms with Gasteiger partial charge in [0.15, 0.2) is 5.65 Å². The lowest BCUT2D eigenvalue weighted by Gasteiger charge is -2.36. The number of piperidine rings is 1. The summed E-state index contributed by atoms with van der Waals surface area (Å²) in [5, 5.41) is 4.37. The molecule has 3 aromatic rings. The van der Waals surface area contributed by atoms with Gasteiger partial charge in [-0.25, -0.2) is 9.50 Å². The second-order valence-corrected chi connectivity index (χ2v) is 6.95. The molecule has 27 heavy (non-hydrogen) atoms. The molecule has 0 bridgehead atoms. The van der Waals surface area contributed by atoms with Crippen LogP contribution in [0.3, 0.4) is 0 Å². The van der Waals surface area contributed by atoms with Crippen molar-refractivity contribution in [1.82, 2.24) is 19.5 Å². The molecule has 0 saturated carbocycles. The van der Waals surface area contributed by atoms with E-state index < -0.39 is 0 Å². The van der Waals surface area contributed by atoms with Gasteiger partial charge in [0.25, 0.3) is 5.91 Å². The first-order valence-corrected chi connectivity index (χ1v) is 9.47. The third-order valence-electron chi connectivity index (χ3n) is 5.23. The van der Waals surface area contributed by atoms with Crippen molar-refractivity contribution in [3.8, 4) is 11.3 Å². The van der Waals surface area contributed by atoms with Crippen LogP contribution in [0, 0.1) is 0 Å². The Hall–Kier alpha value is -2.73. The van der Waals surface area contributed by atoms with Crippen LogP contribution < -0.4 is 0 Å². The number of methoxy groups -OCH3 is 1. The molecule has 1 saturated heterocycles. The Kier molecular flexibility index (Phi) is 5.16. The van der Waals surface area contributed by atoms with Crippen LogP contribution in [0.2, 0.25) is 0 Å². The minimum Gasteiger partial charge on any atom is -0.385 e. The maximum atomic E-state index is 13.2. The van der Waals surface area contributed by atoms with Gasteiger partial charge in [-0.05, 0) is 49.9 Å². The van der Waals surface area contributed by atoms with Gasteiger partial charge in [0.2, 0.25) is 0 Å². The lowest BCUT2D eigenvalue weighted by atomic mass is 9.98. The van der Waals surface area contributed by atoms with Crippen molar-refractivity contribution in [2.75, 3.05) is 20.3 Å². The molecule has 0 aliphatic carbocycles. The number of hydrogen-bond donors (Lipinski definition) is 0. The third-order valence-corrected chi connectivity index (χ3v) is 5.23. The number of amides is 1. The van der Waals surface area contributed by atoms with E-state index in [0.717, 1.165) is 42.7 Å². The predicted octanol–water partition coefficient (Wildman–Crippen LogP) is 3.43. The molecule has 1 atom stereocenters. The van der Waals surface area contributed by atoms with Crippen molar-refractivity contribution < 1.29 is 9.53 Å². The summed E-state index contributed by atoms with van der Waals surface area (Å²) < 4.78 is 7.03. The van der Waals surface area contributed by atoms with Crippen molar-refractivity contribution in [2.45, 2.75) is 31.7 Å². The summed E-state index contributed by atoms with van der Waals surface area (Å²) in [6.45, 7) is 1.50. The Balaban J connectivity index is 1.62. The molecule has 1 fully saturated rings. The van der Waals surface area contributed by atoms with Crippen LogP contribution >= 0.6 is 0 Å². The van der Waals surface area contributed by atoms with Gasteiger partial charge in [-0.3, -0.25) is 4.79 Å². The van der Waals surface area contributed by atoms with E-state index in [1.165, 1.54) is 6.42 Å². The van der Waals surface area contributed by atoms with E-state index in [-0.39, 0.29) is 11.9 Å². The highest BCUT2D eigenvalue weighted by molar-refractivity contribution is 5.95. The summed E-state index contributed by atoms with van der Waals surface area (Å²) in [5.74, 6) is 0.0967. The van der Waals surface area contributed by atoms with Crippen LogP contribution in [-0.2, 0) is 4.74 Å². The van der Waals surface area contributed by atoms with Crippen molar-refractivity contribution in [1.29, 1.82) is 0 Å². The molecule has 1 aliphatic heterocycles. The van der Waals surface area contributed by atoms with E-state index >= 15 is 0 Å². The largest absolute Gasteiger partial charge is 0.385 e.